The predicted octanol–water partition coefficient (Wildman–Crippen LogP) is 1.31. The first-order valence-corrected chi connectivity index (χ1v) is 4.99. The van der Waals surface area contributed by atoms with Gasteiger partial charge in [0.2, 0.25) is 5.91 Å². The second kappa shape index (κ2) is 4.77. The molecule has 1 rings (SSSR count). The van der Waals surface area contributed by atoms with E-state index in [9.17, 15) is 4.79 Å². The minimum absolute atomic E-state index is 0.163. The average molecular weight is 207 g/mol. The average Bonchev–Trinajstić information content (AvgIpc) is 2.13. The molecule has 1 atom stereocenters. The molecule has 82 valence electrons. The van der Waals surface area contributed by atoms with Crippen LogP contribution < -0.4 is 11.1 Å². The van der Waals surface area contributed by atoms with Crippen molar-refractivity contribution >= 4 is 11.6 Å². The number of aryl methyl sites for hydroxylation is 1. The summed E-state index contributed by atoms with van der Waals surface area (Å²) in [5.74, 6) is -0.171. The molecule has 0 fully saturated rings. The molecule has 0 radical (unpaired) electrons. The normalized spacial score (nSPS) is 12.5. The fraction of sp³-hybridized carbons (Fsp3) is 0.455. The summed E-state index contributed by atoms with van der Waals surface area (Å²) in [5, 5.41) is 3.10. The number of hydrogen-bond donors (Lipinski definition) is 2. The van der Waals surface area contributed by atoms with Crippen molar-refractivity contribution in [2.75, 3.05) is 5.32 Å². The van der Waals surface area contributed by atoms with Gasteiger partial charge in [0.1, 0.15) is 6.04 Å². The molecule has 1 aromatic rings. The third-order valence-electron chi connectivity index (χ3n) is 2.19. The number of rotatable bonds is 4. The molecule has 0 aromatic carbocycles. The number of hydrogen-bond acceptors (Lipinski definition) is 3. The molecule has 0 spiro atoms. The molecule has 1 aromatic heterocycles. The Labute approximate surface area is 89.9 Å². The van der Waals surface area contributed by atoms with Crippen LogP contribution in [0.4, 0.5) is 5.69 Å². The second-order valence-corrected chi connectivity index (χ2v) is 3.95. The molecule has 0 aliphatic carbocycles. The van der Waals surface area contributed by atoms with Gasteiger partial charge in [0.05, 0.1) is 0 Å². The van der Waals surface area contributed by atoms with Crippen molar-refractivity contribution in [3.8, 4) is 0 Å². The standard InChI is InChI=1S/C11H17N3O/c1-7(2)10(11(12)15)14-9-4-5-13-8(3)6-9/h4-7,10H,1-3H3,(H2,12,15)(H,13,14). The van der Waals surface area contributed by atoms with Gasteiger partial charge < -0.3 is 11.1 Å². The molecule has 4 nitrogen and oxygen atoms in total. The Balaban J connectivity index is 2.79. The van der Waals surface area contributed by atoms with Crippen molar-refractivity contribution in [1.29, 1.82) is 0 Å². The molecule has 0 aliphatic heterocycles. The van der Waals surface area contributed by atoms with Crippen LogP contribution in [0.15, 0.2) is 18.3 Å². The lowest BCUT2D eigenvalue weighted by Gasteiger charge is -2.20. The zero-order chi connectivity index (χ0) is 11.4. The summed E-state index contributed by atoms with van der Waals surface area (Å²) in [6, 6.07) is 3.37. The first-order chi connectivity index (χ1) is 7.00. The minimum atomic E-state index is -0.341. The van der Waals surface area contributed by atoms with Gasteiger partial charge in [-0.2, -0.15) is 0 Å². The SMILES string of the molecule is Cc1cc(NC(C(N)=O)C(C)C)ccn1. The Kier molecular flexibility index (Phi) is 3.66. The summed E-state index contributed by atoms with van der Waals surface area (Å²) >= 11 is 0. The van der Waals surface area contributed by atoms with Crippen LogP contribution >= 0.6 is 0 Å². The summed E-state index contributed by atoms with van der Waals surface area (Å²) in [6.07, 6.45) is 1.70. The van der Waals surface area contributed by atoms with E-state index in [-0.39, 0.29) is 17.9 Å². The number of carbonyl (C=O) groups excluding carboxylic acids is 1. The van der Waals surface area contributed by atoms with Gasteiger partial charge in [-0.25, -0.2) is 0 Å². The Bertz CT molecular complexity index is 349. The van der Waals surface area contributed by atoms with Gasteiger partial charge in [0.25, 0.3) is 0 Å². The lowest BCUT2D eigenvalue weighted by molar-refractivity contribution is -0.119. The number of nitrogens with two attached hydrogens (primary N) is 1. The van der Waals surface area contributed by atoms with Crippen molar-refractivity contribution in [1.82, 2.24) is 4.98 Å². The van der Waals surface area contributed by atoms with E-state index < -0.39 is 0 Å². The Morgan fingerprint density at radius 3 is 2.67 bits per heavy atom. The molecule has 3 N–H and O–H groups in total. The third-order valence-corrected chi connectivity index (χ3v) is 2.19. The maximum Gasteiger partial charge on any atom is 0.240 e. The molecule has 15 heavy (non-hydrogen) atoms. The number of carbonyl (C=O) groups is 1. The molecule has 1 amide bonds. The zero-order valence-electron chi connectivity index (χ0n) is 9.32. The van der Waals surface area contributed by atoms with Crippen molar-refractivity contribution in [3.63, 3.8) is 0 Å². The molecule has 1 unspecified atom stereocenters. The van der Waals surface area contributed by atoms with Crippen LogP contribution in [0, 0.1) is 12.8 Å². The minimum Gasteiger partial charge on any atom is -0.373 e. The van der Waals surface area contributed by atoms with Gasteiger partial charge in [0.15, 0.2) is 0 Å². The van der Waals surface area contributed by atoms with E-state index in [1.54, 1.807) is 6.20 Å². The Hall–Kier alpha value is -1.58. The van der Waals surface area contributed by atoms with E-state index in [4.69, 9.17) is 5.73 Å². The highest BCUT2D eigenvalue weighted by Crippen LogP contribution is 2.12. The van der Waals surface area contributed by atoms with Gasteiger partial charge in [0, 0.05) is 17.6 Å². The number of amides is 1. The van der Waals surface area contributed by atoms with Crippen LogP contribution in [-0.2, 0) is 4.79 Å². The number of nitrogens with one attached hydrogen (secondary N) is 1. The summed E-state index contributed by atoms with van der Waals surface area (Å²) in [7, 11) is 0. The maximum absolute atomic E-state index is 11.2. The molecule has 0 bridgehead atoms. The van der Waals surface area contributed by atoms with Gasteiger partial charge in [-0.3, -0.25) is 9.78 Å². The fourth-order valence-corrected chi connectivity index (χ4v) is 1.38. The Morgan fingerprint density at radius 2 is 2.20 bits per heavy atom. The van der Waals surface area contributed by atoms with Gasteiger partial charge in [-0.1, -0.05) is 13.8 Å². The monoisotopic (exact) mass is 207 g/mol. The highest BCUT2D eigenvalue weighted by molar-refractivity contribution is 5.83. The van der Waals surface area contributed by atoms with E-state index in [2.05, 4.69) is 10.3 Å². The topological polar surface area (TPSA) is 68.0 Å². The molecule has 1 heterocycles. The van der Waals surface area contributed by atoms with Gasteiger partial charge >= 0.3 is 0 Å². The van der Waals surface area contributed by atoms with Crippen LogP contribution in [0.5, 0.6) is 0 Å². The molecule has 0 aliphatic rings. The predicted molar refractivity (Wildman–Crippen MR) is 60.4 cm³/mol. The van der Waals surface area contributed by atoms with Crippen molar-refractivity contribution < 1.29 is 4.79 Å². The van der Waals surface area contributed by atoms with Crippen molar-refractivity contribution in [2.45, 2.75) is 26.8 Å². The number of primary amides is 1. The summed E-state index contributed by atoms with van der Waals surface area (Å²) in [6.45, 7) is 5.81. The quantitative estimate of drug-likeness (QED) is 0.782. The molecule has 0 saturated heterocycles. The zero-order valence-corrected chi connectivity index (χ0v) is 9.32. The fourth-order valence-electron chi connectivity index (χ4n) is 1.38. The van der Waals surface area contributed by atoms with E-state index in [0.717, 1.165) is 11.4 Å². The molecular formula is C11H17N3O. The van der Waals surface area contributed by atoms with Crippen LogP contribution in [0.1, 0.15) is 19.5 Å². The van der Waals surface area contributed by atoms with Crippen LogP contribution in [0.25, 0.3) is 0 Å². The van der Waals surface area contributed by atoms with Gasteiger partial charge in [-0.15, -0.1) is 0 Å². The van der Waals surface area contributed by atoms with E-state index >= 15 is 0 Å². The number of nitrogens with zero attached hydrogens (tertiary/aromatic N) is 1. The first-order valence-electron chi connectivity index (χ1n) is 4.99. The lowest BCUT2D eigenvalue weighted by atomic mass is 10.0. The van der Waals surface area contributed by atoms with Gasteiger partial charge in [-0.05, 0) is 25.0 Å². The smallest absolute Gasteiger partial charge is 0.240 e. The second-order valence-electron chi connectivity index (χ2n) is 3.95. The molecular weight excluding hydrogens is 190 g/mol. The van der Waals surface area contributed by atoms with Crippen molar-refractivity contribution in [2.24, 2.45) is 11.7 Å². The highest BCUT2D eigenvalue weighted by Gasteiger charge is 2.18. The van der Waals surface area contributed by atoms with E-state index in [1.807, 2.05) is 32.9 Å². The van der Waals surface area contributed by atoms with Crippen LogP contribution in [0.3, 0.4) is 0 Å². The largest absolute Gasteiger partial charge is 0.373 e. The van der Waals surface area contributed by atoms with E-state index in [1.165, 1.54) is 0 Å². The molecule has 0 saturated carbocycles. The Morgan fingerprint density at radius 1 is 1.53 bits per heavy atom. The summed E-state index contributed by atoms with van der Waals surface area (Å²) in [4.78, 5) is 15.3. The van der Waals surface area contributed by atoms with E-state index in [0.29, 0.717) is 0 Å². The van der Waals surface area contributed by atoms with Crippen molar-refractivity contribution in [3.05, 3.63) is 24.0 Å². The highest BCUT2D eigenvalue weighted by atomic mass is 16.1. The summed E-state index contributed by atoms with van der Waals surface area (Å²) < 4.78 is 0. The first kappa shape index (κ1) is 11.5. The third kappa shape index (κ3) is 3.23. The number of aromatic nitrogens is 1. The summed E-state index contributed by atoms with van der Waals surface area (Å²) in [5.41, 5.74) is 7.09. The molecule has 4 heteroatoms. The van der Waals surface area contributed by atoms with Crippen LogP contribution in [0.2, 0.25) is 0 Å². The lowest BCUT2D eigenvalue weighted by Crippen LogP contribution is -2.39. The number of anilines is 1. The number of pyridine rings is 1. The van der Waals surface area contributed by atoms with Crippen LogP contribution in [-0.4, -0.2) is 16.9 Å². The maximum atomic E-state index is 11.2.